The Morgan fingerprint density at radius 1 is 1.58 bits per heavy atom. The molecule has 0 spiro atoms. The average Bonchev–Trinajstić information content (AvgIpc) is 2.38. The Labute approximate surface area is 118 Å². The molecular weight excluding hydrogens is 262 g/mol. The highest BCUT2D eigenvalue weighted by Crippen LogP contribution is 2.19. The molecule has 5 heteroatoms. The number of amides is 1. The number of carbonyl (C=O) groups is 1. The number of benzene rings is 1. The summed E-state index contributed by atoms with van der Waals surface area (Å²) < 4.78 is 0. The number of nitrogens with zero attached hydrogens (tertiary/aromatic N) is 2. The Kier molecular flexibility index (Phi) is 6.48. The largest absolute Gasteiger partial charge is 0.367 e. The van der Waals surface area contributed by atoms with E-state index in [9.17, 15) is 4.79 Å². The van der Waals surface area contributed by atoms with Crippen LogP contribution in [0.4, 0.5) is 11.4 Å². The van der Waals surface area contributed by atoms with Crippen LogP contribution in [0.15, 0.2) is 35.9 Å². The normalized spacial score (nSPS) is 10.2. The van der Waals surface area contributed by atoms with Gasteiger partial charge in [0.25, 0.3) is 0 Å². The number of anilines is 2. The van der Waals surface area contributed by atoms with Crippen LogP contribution in [0.5, 0.6) is 0 Å². The molecule has 0 atom stereocenters. The lowest BCUT2D eigenvalue weighted by Gasteiger charge is -2.22. The van der Waals surface area contributed by atoms with Crippen molar-refractivity contribution in [3.63, 3.8) is 0 Å². The molecule has 0 radical (unpaired) electrons. The van der Waals surface area contributed by atoms with Crippen LogP contribution in [0.25, 0.3) is 0 Å². The second-order valence-corrected chi connectivity index (χ2v) is 4.20. The summed E-state index contributed by atoms with van der Waals surface area (Å²) in [4.78, 5) is 13.1. The van der Waals surface area contributed by atoms with Crippen LogP contribution in [-0.4, -0.2) is 19.0 Å². The third-order valence-electron chi connectivity index (χ3n) is 2.44. The van der Waals surface area contributed by atoms with Crippen molar-refractivity contribution < 1.29 is 4.79 Å². The first-order chi connectivity index (χ1) is 9.17. The van der Waals surface area contributed by atoms with Gasteiger partial charge in [-0.05, 0) is 18.2 Å². The Balaban J connectivity index is 2.87. The van der Waals surface area contributed by atoms with Gasteiger partial charge < -0.3 is 10.2 Å². The van der Waals surface area contributed by atoms with Crippen molar-refractivity contribution in [3.8, 4) is 6.07 Å². The van der Waals surface area contributed by atoms with Gasteiger partial charge in [0.15, 0.2) is 0 Å². The van der Waals surface area contributed by atoms with Crippen molar-refractivity contribution in [1.29, 1.82) is 5.26 Å². The Bertz CT molecular complexity index is 494. The van der Waals surface area contributed by atoms with E-state index in [1.807, 2.05) is 35.2 Å². The first kappa shape index (κ1) is 15.1. The molecule has 0 saturated heterocycles. The van der Waals surface area contributed by atoms with Crippen LogP contribution in [0, 0.1) is 11.3 Å². The SMILES string of the molecule is CC(=O)Nc1cccc(N(CC=CCl)CCC#N)c1. The maximum absolute atomic E-state index is 11.0. The van der Waals surface area contributed by atoms with Gasteiger partial charge in [-0.15, -0.1) is 0 Å². The van der Waals surface area contributed by atoms with Crippen molar-refractivity contribution in [2.75, 3.05) is 23.3 Å². The first-order valence-electron chi connectivity index (χ1n) is 5.92. The zero-order valence-electron chi connectivity index (χ0n) is 10.8. The van der Waals surface area contributed by atoms with E-state index in [-0.39, 0.29) is 5.91 Å². The standard InChI is InChI=1S/C14H16ClN3O/c1-12(19)17-13-5-2-6-14(11-13)18(9-3-7-15)10-4-8-16/h2-3,5-7,11H,4,9-10H2,1H3,(H,17,19). The highest BCUT2D eigenvalue weighted by molar-refractivity contribution is 6.25. The number of nitriles is 1. The molecule has 0 aliphatic rings. The quantitative estimate of drug-likeness (QED) is 0.869. The molecule has 1 rings (SSSR count). The summed E-state index contributed by atoms with van der Waals surface area (Å²) in [6.07, 6.45) is 2.24. The lowest BCUT2D eigenvalue weighted by atomic mass is 10.2. The maximum Gasteiger partial charge on any atom is 0.221 e. The van der Waals surface area contributed by atoms with Crippen LogP contribution >= 0.6 is 11.6 Å². The molecule has 1 aromatic rings. The van der Waals surface area contributed by atoms with Crippen LogP contribution in [0.3, 0.4) is 0 Å². The van der Waals surface area contributed by atoms with Crippen LogP contribution < -0.4 is 10.2 Å². The summed E-state index contributed by atoms with van der Waals surface area (Å²) in [5, 5.41) is 11.4. The summed E-state index contributed by atoms with van der Waals surface area (Å²) in [5.74, 6) is -0.110. The van der Waals surface area contributed by atoms with Crippen molar-refractivity contribution in [2.24, 2.45) is 0 Å². The fourth-order valence-electron chi connectivity index (χ4n) is 1.66. The lowest BCUT2D eigenvalue weighted by molar-refractivity contribution is -0.114. The summed E-state index contributed by atoms with van der Waals surface area (Å²) in [6, 6.07) is 9.62. The van der Waals surface area contributed by atoms with Crippen molar-refractivity contribution in [1.82, 2.24) is 0 Å². The van der Waals surface area contributed by atoms with Crippen LogP contribution in [0.1, 0.15) is 13.3 Å². The number of carbonyl (C=O) groups excluding carboxylic acids is 1. The molecule has 0 fully saturated rings. The fraction of sp³-hybridized carbons (Fsp3) is 0.286. The van der Waals surface area contributed by atoms with Crippen molar-refractivity contribution in [3.05, 3.63) is 35.9 Å². The number of nitrogens with one attached hydrogen (secondary N) is 1. The molecule has 1 amide bonds. The molecule has 0 bridgehead atoms. The van der Waals surface area contributed by atoms with Gasteiger partial charge in [-0.2, -0.15) is 5.26 Å². The van der Waals surface area contributed by atoms with E-state index in [0.717, 1.165) is 11.4 Å². The molecule has 1 N–H and O–H groups in total. The van der Waals surface area contributed by atoms with E-state index < -0.39 is 0 Å². The Morgan fingerprint density at radius 3 is 3.00 bits per heavy atom. The number of halogens is 1. The van der Waals surface area contributed by atoms with E-state index in [0.29, 0.717) is 19.5 Å². The van der Waals surface area contributed by atoms with Crippen LogP contribution in [0.2, 0.25) is 0 Å². The molecule has 0 saturated carbocycles. The molecule has 0 unspecified atom stereocenters. The van der Waals surface area contributed by atoms with Gasteiger partial charge in [0.1, 0.15) is 0 Å². The highest BCUT2D eigenvalue weighted by atomic mass is 35.5. The zero-order valence-corrected chi connectivity index (χ0v) is 11.5. The van der Waals surface area contributed by atoms with E-state index in [4.69, 9.17) is 16.9 Å². The number of rotatable bonds is 6. The molecule has 0 aliphatic heterocycles. The number of hydrogen-bond acceptors (Lipinski definition) is 3. The molecule has 19 heavy (non-hydrogen) atoms. The van der Waals surface area contributed by atoms with E-state index in [2.05, 4.69) is 11.4 Å². The monoisotopic (exact) mass is 277 g/mol. The summed E-state index contributed by atoms with van der Waals surface area (Å²) in [7, 11) is 0. The average molecular weight is 278 g/mol. The van der Waals surface area contributed by atoms with Crippen LogP contribution in [-0.2, 0) is 4.79 Å². The minimum absolute atomic E-state index is 0.110. The van der Waals surface area contributed by atoms with Gasteiger partial charge in [-0.3, -0.25) is 4.79 Å². The second-order valence-electron chi connectivity index (χ2n) is 3.95. The van der Waals surface area contributed by atoms with Gasteiger partial charge in [-0.25, -0.2) is 0 Å². The van der Waals surface area contributed by atoms with E-state index >= 15 is 0 Å². The predicted molar refractivity (Wildman–Crippen MR) is 78.2 cm³/mol. The third kappa shape index (κ3) is 5.45. The Morgan fingerprint density at radius 2 is 2.37 bits per heavy atom. The van der Waals surface area contributed by atoms with Gasteiger partial charge in [-0.1, -0.05) is 23.7 Å². The first-order valence-corrected chi connectivity index (χ1v) is 6.35. The van der Waals surface area contributed by atoms with Gasteiger partial charge >= 0.3 is 0 Å². The van der Waals surface area contributed by atoms with Gasteiger partial charge in [0.05, 0.1) is 12.5 Å². The summed E-state index contributed by atoms with van der Waals surface area (Å²) in [5.41, 5.74) is 3.13. The zero-order chi connectivity index (χ0) is 14.1. The highest BCUT2D eigenvalue weighted by Gasteiger charge is 2.06. The molecule has 1 aromatic carbocycles. The van der Waals surface area contributed by atoms with E-state index in [1.165, 1.54) is 12.5 Å². The summed E-state index contributed by atoms with van der Waals surface area (Å²) in [6.45, 7) is 2.70. The second kappa shape index (κ2) is 8.17. The van der Waals surface area contributed by atoms with Gasteiger partial charge in [0, 0.05) is 36.9 Å². The predicted octanol–water partition coefficient (Wildman–Crippen LogP) is 3.12. The fourth-order valence-corrected chi connectivity index (χ4v) is 1.74. The van der Waals surface area contributed by atoms with Gasteiger partial charge in [0.2, 0.25) is 5.91 Å². The lowest BCUT2D eigenvalue weighted by Crippen LogP contribution is -2.24. The minimum atomic E-state index is -0.110. The Hall–Kier alpha value is -1.99. The molecule has 100 valence electrons. The minimum Gasteiger partial charge on any atom is -0.367 e. The smallest absolute Gasteiger partial charge is 0.221 e. The molecule has 0 aromatic heterocycles. The molecule has 0 heterocycles. The van der Waals surface area contributed by atoms with Crippen molar-refractivity contribution in [2.45, 2.75) is 13.3 Å². The molecule has 0 aliphatic carbocycles. The van der Waals surface area contributed by atoms with Crippen molar-refractivity contribution >= 4 is 28.9 Å². The topological polar surface area (TPSA) is 56.1 Å². The summed E-state index contributed by atoms with van der Waals surface area (Å²) >= 11 is 5.54. The molecule has 4 nitrogen and oxygen atoms in total. The third-order valence-corrected chi connectivity index (χ3v) is 2.62. The number of hydrogen-bond donors (Lipinski definition) is 1. The molecular formula is C14H16ClN3O. The maximum atomic E-state index is 11.0. The van der Waals surface area contributed by atoms with E-state index in [1.54, 1.807) is 0 Å².